The summed E-state index contributed by atoms with van der Waals surface area (Å²) in [5.74, 6) is -0.254. The van der Waals surface area contributed by atoms with Crippen LogP contribution in [0.25, 0.3) is 0 Å². The second-order valence-electron chi connectivity index (χ2n) is 4.32. The van der Waals surface area contributed by atoms with E-state index in [2.05, 4.69) is 6.92 Å². The van der Waals surface area contributed by atoms with Crippen LogP contribution in [0.15, 0.2) is 0 Å². The van der Waals surface area contributed by atoms with Crippen molar-refractivity contribution in [3.05, 3.63) is 0 Å². The summed E-state index contributed by atoms with van der Waals surface area (Å²) in [5, 5.41) is 0. The average Bonchev–Trinajstić information content (AvgIpc) is 2.55. The number of hydrogen-bond acceptors (Lipinski definition) is 2. The van der Waals surface area contributed by atoms with E-state index in [1.54, 1.807) is 4.90 Å². The first-order valence-electron chi connectivity index (χ1n) is 5.72. The van der Waals surface area contributed by atoms with Crippen molar-refractivity contribution in [1.29, 1.82) is 0 Å². The lowest BCUT2D eigenvalue weighted by atomic mass is 10.1. The van der Waals surface area contributed by atoms with Crippen LogP contribution >= 0.6 is 23.2 Å². The normalized spacial score (nSPS) is 30.1. The Morgan fingerprint density at radius 3 is 2.62 bits per heavy atom. The molecule has 0 aliphatic carbocycles. The van der Waals surface area contributed by atoms with Crippen molar-refractivity contribution in [2.45, 2.75) is 56.7 Å². The molecule has 0 aromatic heterocycles. The van der Waals surface area contributed by atoms with Crippen molar-refractivity contribution in [3.8, 4) is 0 Å². The highest BCUT2D eigenvalue weighted by Gasteiger charge is 2.45. The Morgan fingerprint density at radius 1 is 1.56 bits per heavy atom. The minimum absolute atomic E-state index is 0.0904. The van der Waals surface area contributed by atoms with Gasteiger partial charge < -0.3 is 9.64 Å². The lowest BCUT2D eigenvalue weighted by Gasteiger charge is -2.33. The molecular weight excluding hydrogens is 249 g/mol. The van der Waals surface area contributed by atoms with Gasteiger partial charge in [-0.2, -0.15) is 0 Å². The fourth-order valence-electron chi connectivity index (χ4n) is 2.17. The van der Waals surface area contributed by atoms with E-state index in [4.69, 9.17) is 27.9 Å². The Balaban J connectivity index is 2.83. The summed E-state index contributed by atoms with van der Waals surface area (Å²) in [6.07, 6.45) is 2.73. The quantitative estimate of drug-likeness (QED) is 0.734. The summed E-state index contributed by atoms with van der Waals surface area (Å²) < 4.78 is 5.91. The highest BCUT2D eigenvalue weighted by molar-refractivity contribution is 6.53. The molecule has 1 aliphatic heterocycles. The molecule has 2 atom stereocenters. The molecule has 0 aromatic rings. The van der Waals surface area contributed by atoms with E-state index in [9.17, 15) is 4.79 Å². The average molecular weight is 268 g/mol. The molecule has 1 heterocycles. The lowest BCUT2D eigenvalue weighted by molar-refractivity contribution is -0.148. The molecule has 1 fully saturated rings. The van der Waals surface area contributed by atoms with E-state index >= 15 is 0 Å². The van der Waals surface area contributed by atoms with Gasteiger partial charge in [-0.25, -0.2) is 0 Å². The number of amides is 1. The third-order valence-electron chi connectivity index (χ3n) is 3.00. The van der Waals surface area contributed by atoms with Gasteiger partial charge in [-0.1, -0.05) is 43.5 Å². The number of ether oxygens (including phenoxy) is 1. The molecule has 1 amide bonds. The van der Waals surface area contributed by atoms with Crippen LogP contribution in [0.1, 0.15) is 40.0 Å². The van der Waals surface area contributed by atoms with E-state index < -0.39 is 10.6 Å². The van der Waals surface area contributed by atoms with Crippen LogP contribution in [-0.4, -0.2) is 34.0 Å². The van der Waals surface area contributed by atoms with Crippen LogP contribution in [-0.2, 0) is 9.53 Å². The molecule has 0 radical (unpaired) electrons. The molecule has 1 saturated heterocycles. The van der Waals surface area contributed by atoms with E-state index in [1.807, 2.05) is 13.8 Å². The molecule has 94 valence electrons. The molecule has 0 saturated carbocycles. The monoisotopic (exact) mass is 267 g/mol. The summed E-state index contributed by atoms with van der Waals surface area (Å²) in [7, 11) is 0. The first-order chi connectivity index (χ1) is 7.44. The second-order valence-corrected chi connectivity index (χ2v) is 5.42. The van der Waals surface area contributed by atoms with Gasteiger partial charge in [0.25, 0.3) is 5.91 Å². The molecule has 1 rings (SSSR count). The minimum atomic E-state index is -1.00. The van der Waals surface area contributed by atoms with Gasteiger partial charge in [0.15, 0.2) is 4.84 Å². The molecule has 0 spiro atoms. The summed E-state index contributed by atoms with van der Waals surface area (Å²) in [5.41, 5.74) is -0.547. The van der Waals surface area contributed by atoms with Crippen molar-refractivity contribution in [2.24, 2.45) is 0 Å². The van der Waals surface area contributed by atoms with Gasteiger partial charge >= 0.3 is 0 Å². The standard InChI is InChI=1S/C11H19Cl2NO2/c1-4-6-11(3)14(10(15)9(12)13)7-8(5-2)16-11/h8-9H,4-7H2,1-3H3/t8-,11+/m0/s1. The summed E-state index contributed by atoms with van der Waals surface area (Å²) >= 11 is 11.3. The maximum atomic E-state index is 11.9. The number of hydrogen-bond donors (Lipinski definition) is 0. The van der Waals surface area contributed by atoms with Gasteiger partial charge in [-0.05, 0) is 19.8 Å². The van der Waals surface area contributed by atoms with Crippen molar-refractivity contribution >= 4 is 29.1 Å². The first-order valence-corrected chi connectivity index (χ1v) is 6.59. The van der Waals surface area contributed by atoms with Gasteiger partial charge in [0.2, 0.25) is 0 Å². The maximum Gasteiger partial charge on any atom is 0.258 e. The number of alkyl halides is 2. The molecule has 0 unspecified atom stereocenters. The molecule has 0 bridgehead atoms. The molecule has 16 heavy (non-hydrogen) atoms. The predicted molar refractivity (Wildman–Crippen MR) is 65.7 cm³/mol. The smallest absolute Gasteiger partial charge is 0.258 e. The van der Waals surface area contributed by atoms with Crippen LogP contribution in [0.3, 0.4) is 0 Å². The number of carbonyl (C=O) groups is 1. The van der Waals surface area contributed by atoms with Gasteiger partial charge in [-0.15, -0.1) is 0 Å². The Labute approximate surface area is 107 Å². The van der Waals surface area contributed by atoms with E-state index in [0.717, 1.165) is 19.3 Å². The van der Waals surface area contributed by atoms with E-state index in [-0.39, 0.29) is 12.0 Å². The summed E-state index contributed by atoms with van der Waals surface area (Å²) in [4.78, 5) is 12.6. The highest BCUT2D eigenvalue weighted by Crippen LogP contribution is 2.33. The minimum Gasteiger partial charge on any atom is -0.351 e. The van der Waals surface area contributed by atoms with Crippen LogP contribution in [0.5, 0.6) is 0 Å². The fraction of sp³-hybridized carbons (Fsp3) is 0.909. The Hall–Kier alpha value is 0.01000. The molecule has 0 N–H and O–H groups in total. The van der Waals surface area contributed by atoms with Crippen molar-refractivity contribution in [1.82, 2.24) is 4.90 Å². The maximum absolute atomic E-state index is 11.9. The molecule has 5 heteroatoms. The summed E-state index contributed by atoms with van der Waals surface area (Å²) in [6.45, 7) is 6.63. The molecule has 0 aromatic carbocycles. The predicted octanol–water partition coefficient (Wildman–Crippen LogP) is 2.94. The Bertz CT molecular complexity index is 260. The molecule has 1 aliphatic rings. The van der Waals surface area contributed by atoms with Crippen LogP contribution in [0.2, 0.25) is 0 Å². The van der Waals surface area contributed by atoms with Gasteiger partial charge in [0.05, 0.1) is 6.10 Å². The fourth-order valence-corrected chi connectivity index (χ4v) is 2.40. The zero-order chi connectivity index (χ0) is 12.3. The summed E-state index contributed by atoms with van der Waals surface area (Å²) in [6, 6.07) is 0. The first kappa shape index (κ1) is 14.1. The number of nitrogens with zero attached hydrogens (tertiary/aromatic N) is 1. The van der Waals surface area contributed by atoms with E-state index in [0.29, 0.717) is 6.54 Å². The van der Waals surface area contributed by atoms with Gasteiger partial charge in [-0.3, -0.25) is 4.79 Å². The van der Waals surface area contributed by atoms with Crippen LogP contribution < -0.4 is 0 Å². The number of carbonyl (C=O) groups excluding carboxylic acids is 1. The second kappa shape index (κ2) is 5.56. The van der Waals surface area contributed by atoms with Crippen LogP contribution in [0.4, 0.5) is 0 Å². The lowest BCUT2D eigenvalue weighted by Crippen LogP contribution is -2.47. The Morgan fingerprint density at radius 2 is 2.19 bits per heavy atom. The highest BCUT2D eigenvalue weighted by atomic mass is 35.5. The zero-order valence-corrected chi connectivity index (χ0v) is 11.5. The Kier molecular flexibility index (Phi) is 4.89. The number of halogens is 2. The van der Waals surface area contributed by atoms with Crippen molar-refractivity contribution in [3.63, 3.8) is 0 Å². The number of rotatable bonds is 4. The molecule has 3 nitrogen and oxygen atoms in total. The van der Waals surface area contributed by atoms with Crippen molar-refractivity contribution in [2.75, 3.05) is 6.54 Å². The largest absolute Gasteiger partial charge is 0.351 e. The third-order valence-corrected chi connectivity index (χ3v) is 3.37. The van der Waals surface area contributed by atoms with E-state index in [1.165, 1.54) is 0 Å². The van der Waals surface area contributed by atoms with Crippen LogP contribution in [0, 0.1) is 0 Å². The van der Waals surface area contributed by atoms with Gasteiger partial charge in [0, 0.05) is 6.54 Å². The topological polar surface area (TPSA) is 29.5 Å². The van der Waals surface area contributed by atoms with Gasteiger partial charge in [0.1, 0.15) is 5.72 Å². The third kappa shape index (κ3) is 2.82. The molecular formula is C11H19Cl2NO2. The SMILES string of the molecule is CCC[C@@]1(C)O[C@@H](CC)CN1C(=O)C(Cl)Cl. The zero-order valence-electron chi connectivity index (χ0n) is 10.0. The van der Waals surface area contributed by atoms with Crippen molar-refractivity contribution < 1.29 is 9.53 Å².